The maximum absolute atomic E-state index is 14.4. The summed E-state index contributed by atoms with van der Waals surface area (Å²) in [4.78, 5) is 39.2. The van der Waals surface area contributed by atoms with Gasteiger partial charge in [0.15, 0.2) is 11.5 Å². The van der Waals surface area contributed by atoms with Crippen LogP contribution in [-0.2, 0) is 15.7 Å². The molecule has 3 rings (SSSR count). The van der Waals surface area contributed by atoms with E-state index < -0.39 is 59.8 Å². The lowest BCUT2D eigenvalue weighted by molar-refractivity contribution is -0.152. The molecule has 1 amide bonds. The van der Waals surface area contributed by atoms with Crippen LogP contribution in [0.5, 0.6) is 0 Å². The van der Waals surface area contributed by atoms with Gasteiger partial charge in [-0.3, -0.25) is 19.1 Å². The van der Waals surface area contributed by atoms with Crippen LogP contribution in [0.3, 0.4) is 0 Å². The van der Waals surface area contributed by atoms with Crippen molar-refractivity contribution < 1.29 is 37.4 Å². The molecule has 0 bridgehead atoms. The van der Waals surface area contributed by atoms with Crippen LogP contribution in [0.2, 0.25) is 10.0 Å². The molecule has 0 saturated heterocycles. The predicted octanol–water partition coefficient (Wildman–Crippen LogP) is 6.82. The molecule has 0 unspecified atom stereocenters. The molecule has 8 nitrogen and oxygen atoms in total. The van der Waals surface area contributed by atoms with Gasteiger partial charge in [-0.15, -0.1) is 0 Å². The first kappa shape index (κ1) is 31.9. The number of Topliss-reactive ketones (excluding diaryl/α,β-unsaturated/α-hetero) is 1. The molecule has 1 aliphatic carbocycles. The number of aromatic nitrogens is 2. The van der Waals surface area contributed by atoms with Gasteiger partial charge in [0.2, 0.25) is 0 Å². The topological polar surface area (TPSA) is 102 Å². The largest absolute Gasteiger partial charge is 0.481 e. The molecular weight excluding hydrogens is 574 g/mol. The van der Waals surface area contributed by atoms with Gasteiger partial charge in [0, 0.05) is 6.61 Å². The predicted molar refractivity (Wildman–Crippen MR) is 143 cm³/mol. The van der Waals surface area contributed by atoms with Gasteiger partial charge in [-0.25, -0.2) is 0 Å². The molecule has 1 fully saturated rings. The number of halogens is 5. The second kappa shape index (κ2) is 12.9. The highest BCUT2D eigenvalue weighted by molar-refractivity contribution is 6.40. The first-order valence-electron chi connectivity index (χ1n) is 12.9. The highest BCUT2D eigenvalue weighted by Gasteiger charge is 2.45. The van der Waals surface area contributed by atoms with Crippen molar-refractivity contribution >= 4 is 40.9 Å². The van der Waals surface area contributed by atoms with Crippen LogP contribution in [0.4, 0.5) is 13.2 Å². The minimum absolute atomic E-state index is 0.0456. The second-order valence-corrected chi connectivity index (χ2v) is 11.2. The number of amides is 1. The zero-order valence-electron chi connectivity index (χ0n) is 22.5. The number of carboxylic acid groups (broad SMARTS) is 1. The lowest BCUT2D eigenvalue weighted by Crippen LogP contribution is -2.39. The molecule has 0 atom stereocenters. The summed E-state index contributed by atoms with van der Waals surface area (Å²) in [5.41, 5.74) is -2.36. The van der Waals surface area contributed by atoms with Crippen LogP contribution in [0.1, 0.15) is 90.4 Å². The fourth-order valence-electron chi connectivity index (χ4n) is 4.76. The summed E-state index contributed by atoms with van der Waals surface area (Å²) in [5.74, 6) is -2.76. The summed E-state index contributed by atoms with van der Waals surface area (Å²) < 4.78 is 49.4. The Balaban J connectivity index is 1.94. The third-order valence-electron chi connectivity index (χ3n) is 7.19. The number of aryl methyl sites for hydroxylation is 1. The van der Waals surface area contributed by atoms with Gasteiger partial charge in [-0.2, -0.15) is 18.3 Å². The standard InChI is InChI=1S/C27H32Cl2F3N3O5/c1-4-5-10-40-15-34(14-21(36)22-19(28)11-16(2)12-20(22)29)24(37)18-13-33-35(23(18)27(30,31)32)17-6-8-26(3,9-7-17)25(38)39/h11-13,17H,4-10,14-15H2,1-3H3,(H,38,39). The Morgan fingerprint density at radius 1 is 1.20 bits per heavy atom. The number of hydrogen-bond acceptors (Lipinski definition) is 5. The Morgan fingerprint density at radius 2 is 1.80 bits per heavy atom. The lowest BCUT2D eigenvalue weighted by Gasteiger charge is -2.34. The van der Waals surface area contributed by atoms with Crippen LogP contribution in [0.25, 0.3) is 0 Å². The second-order valence-electron chi connectivity index (χ2n) is 10.4. The summed E-state index contributed by atoms with van der Waals surface area (Å²) in [6, 6.07) is 2.30. The zero-order chi connectivity index (χ0) is 29.8. The number of rotatable bonds is 11. The van der Waals surface area contributed by atoms with Crippen LogP contribution in [-0.4, -0.2) is 57.3 Å². The van der Waals surface area contributed by atoms with Crippen LogP contribution in [0.15, 0.2) is 18.3 Å². The van der Waals surface area contributed by atoms with E-state index >= 15 is 0 Å². The fourth-order valence-corrected chi connectivity index (χ4v) is 5.57. The number of carbonyl (C=O) groups excluding carboxylic acids is 2. The molecule has 0 aliphatic heterocycles. The first-order chi connectivity index (χ1) is 18.7. The van der Waals surface area contributed by atoms with Gasteiger partial charge in [-0.1, -0.05) is 36.5 Å². The Hall–Kier alpha value is -2.63. The SMILES string of the molecule is CCCCOCN(CC(=O)c1c(Cl)cc(C)cc1Cl)C(=O)c1cnn(C2CCC(C)(C(=O)O)CC2)c1C(F)(F)F. The maximum Gasteiger partial charge on any atom is 0.433 e. The van der Waals surface area contributed by atoms with Crippen molar-refractivity contribution in [2.45, 2.75) is 71.5 Å². The van der Waals surface area contributed by atoms with E-state index in [1.165, 1.54) is 12.1 Å². The van der Waals surface area contributed by atoms with E-state index in [-0.39, 0.29) is 47.9 Å². The summed E-state index contributed by atoms with van der Waals surface area (Å²) in [7, 11) is 0. The van der Waals surface area contributed by atoms with Crippen LogP contribution >= 0.6 is 23.2 Å². The normalized spacial score (nSPS) is 19.4. The van der Waals surface area contributed by atoms with E-state index in [4.69, 9.17) is 27.9 Å². The highest BCUT2D eigenvalue weighted by Crippen LogP contribution is 2.43. The molecule has 0 spiro atoms. The number of alkyl halides is 3. The molecular formula is C27H32Cl2F3N3O5. The number of ketones is 1. The molecule has 220 valence electrons. The minimum Gasteiger partial charge on any atom is -0.481 e. The minimum atomic E-state index is -4.95. The van der Waals surface area contributed by atoms with Gasteiger partial charge in [0.05, 0.1) is 45.4 Å². The van der Waals surface area contributed by atoms with E-state index in [0.717, 1.165) is 22.2 Å². The van der Waals surface area contributed by atoms with Gasteiger partial charge in [0.25, 0.3) is 5.91 Å². The fraction of sp³-hybridized carbons (Fsp3) is 0.556. The molecule has 1 N–H and O–H groups in total. The van der Waals surface area contributed by atoms with Crippen molar-refractivity contribution in [3.05, 3.63) is 50.8 Å². The van der Waals surface area contributed by atoms with Crippen molar-refractivity contribution in [3.8, 4) is 0 Å². The molecule has 1 saturated carbocycles. The third-order valence-corrected chi connectivity index (χ3v) is 7.79. The molecule has 1 aromatic carbocycles. The van der Waals surface area contributed by atoms with Crippen molar-refractivity contribution in [2.24, 2.45) is 5.41 Å². The molecule has 13 heteroatoms. The van der Waals surface area contributed by atoms with Crippen LogP contribution < -0.4 is 0 Å². The number of ether oxygens (including phenoxy) is 1. The number of carboxylic acids is 1. The summed E-state index contributed by atoms with van der Waals surface area (Å²) in [6.45, 7) is 4.38. The first-order valence-corrected chi connectivity index (χ1v) is 13.7. The van der Waals surface area contributed by atoms with Gasteiger partial charge in [-0.05, 0) is 63.6 Å². The number of hydrogen-bond donors (Lipinski definition) is 1. The van der Waals surface area contributed by atoms with E-state index in [1.54, 1.807) is 13.8 Å². The highest BCUT2D eigenvalue weighted by atomic mass is 35.5. The Bertz CT molecular complexity index is 1230. The maximum atomic E-state index is 14.4. The lowest BCUT2D eigenvalue weighted by atomic mass is 9.74. The molecule has 1 aliphatic rings. The number of nitrogens with zero attached hydrogens (tertiary/aromatic N) is 3. The number of carbonyl (C=O) groups is 3. The van der Waals surface area contributed by atoms with Gasteiger partial charge in [0.1, 0.15) is 6.73 Å². The van der Waals surface area contributed by atoms with Gasteiger partial charge >= 0.3 is 12.1 Å². The number of benzene rings is 1. The number of aliphatic carboxylic acids is 1. The Kier molecular flexibility index (Phi) is 10.3. The van der Waals surface area contributed by atoms with Crippen molar-refractivity contribution in [1.29, 1.82) is 0 Å². The van der Waals surface area contributed by atoms with Crippen molar-refractivity contribution in [1.82, 2.24) is 14.7 Å². The van der Waals surface area contributed by atoms with Crippen molar-refractivity contribution in [2.75, 3.05) is 19.9 Å². The summed E-state index contributed by atoms with van der Waals surface area (Å²) >= 11 is 12.5. The Morgan fingerprint density at radius 3 is 2.33 bits per heavy atom. The molecule has 1 aromatic heterocycles. The third kappa shape index (κ3) is 7.16. The smallest absolute Gasteiger partial charge is 0.433 e. The molecule has 0 radical (unpaired) electrons. The zero-order valence-corrected chi connectivity index (χ0v) is 24.0. The Labute approximate surface area is 240 Å². The monoisotopic (exact) mass is 605 g/mol. The molecule has 40 heavy (non-hydrogen) atoms. The van der Waals surface area contributed by atoms with Crippen molar-refractivity contribution in [3.63, 3.8) is 0 Å². The van der Waals surface area contributed by atoms with E-state index in [1.807, 2.05) is 6.92 Å². The average Bonchev–Trinajstić information content (AvgIpc) is 3.31. The molecule has 1 heterocycles. The van der Waals surface area contributed by atoms with E-state index in [0.29, 0.717) is 12.0 Å². The van der Waals surface area contributed by atoms with Crippen LogP contribution in [0, 0.1) is 12.3 Å². The van der Waals surface area contributed by atoms with E-state index in [9.17, 15) is 32.7 Å². The molecule has 2 aromatic rings. The average molecular weight is 606 g/mol. The quantitative estimate of drug-likeness (QED) is 0.171. The van der Waals surface area contributed by atoms with E-state index in [2.05, 4.69) is 5.10 Å². The summed E-state index contributed by atoms with van der Waals surface area (Å²) in [6.07, 6.45) is -2.05. The number of unbranched alkanes of at least 4 members (excludes halogenated alkanes) is 1. The van der Waals surface area contributed by atoms with Gasteiger partial charge < -0.3 is 14.7 Å². The summed E-state index contributed by atoms with van der Waals surface area (Å²) in [5, 5.41) is 13.5.